The number of aromatic nitrogens is 2. The lowest BCUT2D eigenvalue weighted by atomic mass is 10.1. The molecule has 1 aromatic carbocycles. The maximum absolute atomic E-state index is 13.5. The highest BCUT2D eigenvalue weighted by Crippen LogP contribution is 2.17. The summed E-state index contributed by atoms with van der Waals surface area (Å²) in [6, 6.07) is 6.67. The Bertz CT molecular complexity index is 527. The van der Waals surface area contributed by atoms with E-state index in [2.05, 4.69) is 15.5 Å². The lowest BCUT2D eigenvalue weighted by Gasteiger charge is -2.10. The molecule has 19 heavy (non-hydrogen) atoms. The van der Waals surface area contributed by atoms with Crippen molar-refractivity contribution < 1.29 is 8.81 Å². The summed E-state index contributed by atoms with van der Waals surface area (Å²) in [6.45, 7) is 4.91. The summed E-state index contributed by atoms with van der Waals surface area (Å²) >= 11 is 0. The topological polar surface area (TPSA) is 51.0 Å². The highest BCUT2D eigenvalue weighted by atomic mass is 19.1. The minimum atomic E-state index is -0.249. The van der Waals surface area contributed by atoms with Crippen molar-refractivity contribution in [1.29, 1.82) is 0 Å². The van der Waals surface area contributed by atoms with Gasteiger partial charge in [-0.3, -0.25) is 0 Å². The molecule has 0 saturated carbocycles. The first-order valence-corrected chi connectivity index (χ1v) is 6.53. The number of benzene rings is 1. The van der Waals surface area contributed by atoms with Crippen LogP contribution in [-0.2, 0) is 6.42 Å². The monoisotopic (exact) mass is 263 g/mol. The van der Waals surface area contributed by atoms with E-state index in [4.69, 9.17) is 4.42 Å². The van der Waals surface area contributed by atoms with E-state index in [-0.39, 0.29) is 11.9 Å². The molecular weight excluding hydrogens is 245 g/mol. The van der Waals surface area contributed by atoms with E-state index < -0.39 is 0 Å². The molecule has 102 valence electrons. The maximum Gasteiger partial charge on any atom is 0.233 e. The normalized spacial score (nSPS) is 12.6. The summed E-state index contributed by atoms with van der Waals surface area (Å²) in [6.07, 6.45) is 1.19. The van der Waals surface area contributed by atoms with Crippen molar-refractivity contribution in [3.8, 4) is 0 Å². The molecular formula is C14H18FN3O. The molecule has 2 rings (SSSR count). The fourth-order valence-electron chi connectivity index (χ4n) is 1.94. The molecule has 1 aromatic heterocycles. The molecule has 0 aliphatic carbocycles. The van der Waals surface area contributed by atoms with Crippen molar-refractivity contribution in [2.75, 3.05) is 6.54 Å². The molecule has 5 heteroatoms. The smallest absolute Gasteiger partial charge is 0.233 e. The van der Waals surface area contributed by atoms with Crippen LogP contribution in [0.5, 0.6) is 0 Å². The van der Waals surface area contributed by atoms with Gasteiger partial charge in [0.05, 0.1) is 12.5 Å². The number of hydrogen-bond donors (Lipinski definition) is 1. The highest BCUT2D eigenvalue weighted by Gasteiger charge is 2.16. The summed E-state index contributed by atoms with van der Waals surface area (Å²) in [4.78, 5) is 0. The van der Waals surface area contributed by atoms with Crippen molar-refractivity contribution in [2.24, 2.45) is 0 Å². The second-order valence-corrected chi connectivity index (χ2v) is 4.32. The average molecular weight is 263 g/mol. The molecule has 0 radical (unpaired) electrons. The fraction of sp³-hybridized carbons (Fsp3) is 0.429. The lowest BCUT2D eigenvalue weighted by Crippen LogP contribution is -2.20. The summed E-state index contributed by atoms with van der Waals surface area (Å²) in [5.41, 5.74) is 0.564. The van der Waals surface area contributed by atoms with E-state index in [1.165, 1.54) is 6.07 Å². The molecule has 2 aromatic rings. The van der Waals surface area contributed by atoms with Crippen LogP contribution >= 0.6 is 0 Å². The van der Waals surface area contributed by atoms with E-state index in [1.54, 1.807) is 18.2 Å². The van der Waals surface area contributed by atoms with Gasteiger partial charge in [-0.05, 0) is 24.6 Å². The van der Waals surface area contributed by atoms with E-state index in [1.807, 2.05) is 13.8 Å². The fourth-order valence-corrected chi connectivity index (χ4v) is 1.94. The van der Waals surface area contributed by atoms with Gasteiger partial charge in [0.2, 0.25) is 11.8 Å². The van der Waals surface area contributed by atoms with E-state index in [9.17, 15) is 4.39 Å². The van der Waals surface area contributed by atoms with E-state index in [0.717, 1.165) is 13.0 Å². The number of nitrogens with one attached hydrogen (secondary N) is 1. The predicted molar refractivity (Wildman–Crippen MR) is 70.2 cm³/mol. The minimum Gasteiger partial charge on any atom is -0.423 e. The number of rotatable bonds is 6. The van der Waals surface area contributed by atoms with Crippen molar-refractivity contribution in [3.63, 3.8) is 0 Å². The Kier molecular flexibility index (Phi) is 4.63. The van der Waals surface area contributed by atoms with Crippen LogP contribution in [0.3, 0.4) is 0 Å². The van der Waals surface area contributed by atoms with Gasteiger partial charge in [-0.25, -0.2) is 4.39 Å². The van der Waals surface area contributed by atoms with Gasteiger partial charge in [0, 0.05) is 0 Å². The Hall–Kier alpha value is -1.75. The van der Waals surface area contributed by atoms with Crippen LogP contribution in [0.25, 0.3) is 0 Å². The van der Waals surface area contributed by atoms with Crippen LogP contribution in [0.2, 0.25) is 0 Å². The number of hydrogen-bond acceptors (Lipinski definition) is 4. The molecule has 0 aliphatic rings. The first-order valence-electron chi connectivity index (χ1n) is 6.53. The second-order valence-electron chi connectivity index (χ2n) is 4.32. The van der Waals surface area contributed by atoms with Crippen molar-refractivity contribution in [2.45, 2.75) is 32.7 Å². The van der Waals surface area contributed by atoms with Crippen LogP contribution in [0.4, 0.5) is 4.39 Å². The quantitative estimate of drug-likeness (QED) is 0.870. The largest absolute Gasteiger partial charge is 0.423 e. The molecule has 0 fully saturated rings. The Morgan fingerprint density at radius 2 is 2.05 bits per heavy atom. The molecule has 1 unspecified atom stereocenters. The summed E-state index contributed by atoms with van der Waals surface area (Å²) in [7, 11) is 0. The minimum absolute atomic E-state index is 0.0619. The van der Waals surface area contributed by atoms with Crippen molar-refractivity contribution in [3.05, 3.63) is 47.4 Å². The SMILES string of the molecule is CCNC(CC)c1nnc(Cc2ccccc2F)o1. The van der Waals surface area contributed by atoms with Gasteiger partial charge in [0.15, 0.2) is 0 Å². The molecule has 0 aliphatic heterocycles. The third-order valence-corrected chi connectivity index (χ3v) is 2.94. The standard InChI is InChI=1S/C14H18FN3O/c1-3-12(16-4-2)14-18-17-13(19-14)9-10-7-5-6-8-11(10)15/h5-8,12,16H,3-4,9H2,1-2H3. The first kappa shape index (κ1) is 13.7. The first-order chi connectivity index (χ1) is 9.24. The summed E-state index contributed by atoms with van der Waals surface area (Å²) in [5.74, 6) is 0.758. The second kappa shape index (κ2) is 6.43. The van der Waals surface area contributed by atoms with Gasteiger partial charge >= 0.3 is 0 Å². The van der Waals surface area contributed by atoms with Crippen LogP contribution in [0.15, 0.2) is 28.7 Å². The van der Waals surface area contributed by atoms with Gasteiger partial charge in [-0.15, -0.1) is 10.2 Å². The van der Waals surface area contributed by atoms with Crippen LogP contribution < -0.4 is 5.32 Å². The van der Waals surface area contributed by atoms with Gasteiger partial charge < -0.3 is 9.73 Å². The summed E-state index contributed by atoms with van der Waals surface area (Å²) in [5, 5.41) is 11.3. The zero-order valence-corrected chi connectivity index (χ0v) is 11.2. The Morgan fingerprint density at radius 3 is 2.74 bits per heavy atom. The summed E-state index contributed by atoms with van der Waals surface area (Å²) < 4.78 is 19.1. The number of nitrogens with zero attached hydrogens (tertiary/aromatic N) is 2. The van der Waals surface area contributed by atoms with Crippen molar-refractivity contribution in [1.82, 2.24) is 15.5 Å². The Labute approximate surface area is 112 Å². The predicted octanol–water partition coefficient (Wildman–Crippen LogP) is 2.86. The van der Waals surface area contributed by atoms with E-state index >= 15 is 0 Å². The molecule has 0 amide bonds. The average Bonchev–Trinajstić information content (AvgIpc) is 2.87. The van der Waals surface area contributed by atoms with Crippen LogP contribution in [0.1, 0.15) is 43.7 Å². The lowest BCUT2D eigenvalue weighted by molar-refractivity contribution is 0.379. The maximum atomic E-state index is 13.5. The van der Waals surface area contributed by atoms with Crippen molar-refractivity contribution >= 4 is 0 Å². The van der Waals surface area contributed by atoms with Gasteiger partial charge in [-0.1, -0.05) is 32.0 Å². The van der Waals surface area contributed by atoms with E-state index in [0.29, 0.717) is 23.8 Å². The zero-order valence-electron chi connectivity index (χ0n) is 11.2. The van der Waals surface area contributed by atoms with Gasteiger partial charge in [-0.2, -0.15) is 0 Å². The molecule has 0 spiro atoms. The molecule has 1 N–H and O–H groups in total. The van der Waals surface area contributed by atoms with Crippen LogP contribution in [-0.4, -0.2) is 16.7 Å². The third-order valence-electron chi connectivity index (χ3n) is 2.94. The molecule has 4 nitrogen and oxygen atoms in total. The molecule has 0 bridgehead atoms. The molecule has 1 heterocycles. The third kappa shape index (κ3) is 3.38. The van der Waals surface area contributed by atoms with Crippen LogP contribution in [0, 0.1) is 5.82 Å². The Balaban J connectivity index is 2.11. The Morgan fingerprint density at radius 1 is 1.26 bits per heavy atom. The zero-order chi connectivity index (χ0) is 13.7. The molecule has 1 atom stereocenters. The highest BCUT2D eigenvalue weighted by molar-refractivity contribution is 5.20. The van der Waals surface area contributed by atoms with Gasteiger partial charge in [0.25, 0.3) is 0 Å². The number of halogens is 1. The van der Waals surface area contributed by atoms with Gasteiger partial charge in [0.1, 0.15) is 5.82 Å². The molecule has 0 saturated heterocycles.